The molecule has 0 saturated carbocycles. The van der Waals surface area contributed by atoms with E-state index >= 15 is 0 Å². The van der Waals surface area contributed by atoms with Gasteiger partial charge in [0.15, 0.2) is 5.76 Å². The van der Waals surface area contributed by atoms with Crippen molar-refractivity contribution < 1.29 is 9.15 Å². The van der Waals surface area contributed by atoms with Gasteiger partial charge in [-0.15, -0.1) is 0 Å². The van der Waals surface area contributed by atoms with Gasteiger partial charge < -0.3 is 9.15 Å². The van der Waals surface area contributed by atoms with Crippen molar-refractivity contribution in [2.24, 2.45) is 0 Å². The molecule has 0 N–H and O–H groups in total. The minimum atomic E-state index is -0.174. The van der Waals surface area contributed by atoms with Gasteiger partial charge in [0.1, 0.15) is 12.2 Å². The Balaban J connectivity index is 1.65. The highest BCUT2D eigenvalue weighted by Crippen LogP contribution is 2.33. The summed E-state index contributed by atoms with van der Waals surface area (Å²) in [5, 5.41) is 3.36. The Hall–Kier alpha value is -3.56. The molecule has 3 nitrogen and oxygen atoms in total. The van der Waals surface area contributed by atoms with E-state index in [0.29, 0.717) is 21.8 Å². The Labute approximate surface area is 190 Å². The molecule has 0 amide bonds. The molecule has 0 aliphatic rings. The molecule has 5 aromatic rings. The minimum Gasteiger partial charge on any atom is -0.481 e. The van der Waals surface area contributed by atoms with Crippen LogP contribution >= 0.6 is 11.6 Å². The molecule has 0 spiro atoms. The maximum atomic E-state index is 13.5. The van der Waals surface area contributed by atoms with Crippen molar-refractivity contribution in [2.45, 2.75) is 20.0 Å². The number of hydrogen-bond donors (Lipinski definition) is 0. The lowest BCUT2D eigenvalue weighted by molar-refractivity contribution is 0.299. The first-order chi connectivity index (χ1) is 15.6. The molecular formula is C28H21ClO3. The molecular weight excluding hydrogens is 420 g/mol. The Bertz CT molecular complexity index is 1480. The van der Waals surface area contributed by atoms with Crippen LogP contribution in [0.5, 0.6) is 5.75 Å². The molecule has 0 fully saturated rings. The monoisotopic (exact) mass is 440 g/mol. The predicted molar refractivity (Wildman–Crippen MR) is 131 cm³/mol. The summed E-state index contributed by atoms with van der Waals surface area (Å²) in [7, 11) is 0. The molecule has 0 saturated heterocycles. The number of aryl methyl sites for hydroxylation is 1. The molecule has 4 heteroatoms. The zero-order valence-electron chi connectivity index (χ0n) is 17.6. The fourth-order valence-electron chi connectivity index (χ4n) is 3.94. The van der Waals surface area contributed by atoms with Crippen LogP contribution in [0.25, 0.3) is 33.1 Å². The maximum Gasteiger partial charge on any atom is 0.235 e. The molecule has 0 atom stereocenters. The van der Waals surface area contributed by atoms with Gasteiger partial charge in [-0.3, -0.25) is 4.79 Å². The van der Waals surface area contributed by atoms with Crippen molar-refractivity contribution in [3.63, 3.8) is 0 Å². The highest BCUT2D eigenvalue weighted by Gasteiger charge is 2.18. The Kier molecular flexibility index (Phi) is 5.42. The molecule has 158 valence electrons. The number of benzene rings is 4. The SMILES string of the molecule is CCc1ccc2oc(-c3ccc(Cl)cc3)c(OCc3cccc4ccccc34)c(=O)c2c1. The van der Waals surface area contributed by atoms with Gasteiger partial charge in [0.2, 0.25) is 11.2 Å². The van der Waals surface area contributed by atoms with Crippen LogP contribution in [0.15, 0.2) is 94.1 Å². The molecule has 0 bridgehead atoms. The van der Waals surface area contributed by atoms with Crippen molar-refractivity contribution in [1.82, 2.24) is 0 Å². The van der Waals surface area contributed by atoms with Gasteiger partial charge in [0.25, 0.3) is 0 Å². The van der Waals surface area contributed by atoms with Crippen molar-refractivity contribution in [3.05, 3.63) is 111 Å². The normalized spacial score (nSPS) is 11.2. The largest absolute Gasteiger partial charge is 0.481 e. The lowest BCUT2D eigenvalue weighted by Crippen LogP contribution is -2.10. The summed E-state index contributed by atoms with van der Waals surface area (Å²) in [4.78, 5) is 13.5. The number of hydrogen-bond acceptors (Lipinski definition) is 3. The Morgan fingerprint density at radius 2 is 1.66 bits per heavy atom. The van der Waals surface area contributed by atoms with Gasteiger partial charge >= 0.3 is 0 Å². The van der Waals surface area contributed by atoms with Gasteiger partial charge in [-0.25, -0.2) is 0 Å². The molecule has 0 aliphatic heterocycles. The van der Waals surface area contributed by atoms with Gasteiger partial charge in [0.05, 0.1) is 5.39 Å². The molecule has 1 heterocycles. The molecule has 32 heavy (non-hydrogen) atoms. The highest BCUT2D eigenvalue weighted by molar-refractivity contribution is 6.30. The average Bonchev–Trinajstić information content (AvgIpc) is 2.83. The minimum absolute atomic E-state index is 0.174. The van der Waals surface area contributed by atoms with Crippen molar-refractivity contribution in [3.8, 4) is 17.1 Å². The quantitative estimate of drug-likeness (QED) is 0.285. The highest BCUT2D eigenvalue weighted by atomic mass is 35.5. The number of ether oxygens (including phenoxy) is 1. The fourth-order valence-corrected chi connectivity index (χ4v) is 4.06. The second kappa shape index (κ2) is 8.52. The molecule has 1 aromatic heterocycles. The van der Waals surface area contributed by atoms with E-state index < -0.39 is 0 Å². The van der Waals surface area contributed by atoms with E-state index in [1.54, 1.807) is 12.1 Å². The average molecular weight is 441 g/mol. The van der Waals surface area contributed by atoms with Gasteiger partial charge in [-0.1, -0.05) is 67.1 Å². The smallest absolute Gasteiger partial charge is 0.235 e. The van der Waals surface area contributed by atoms with Gasteiger partial charge in [-0.05, 0) is 64.7 Å². The van der Waals surface area contributed by atoms with E-state index in [9.17, 15) is 4.79 Å². The van der Waals surface area contributed by atoms with Gasteiger partial charge in [-0.2, -0.15) is 0 Å². The summed E-state index contributed by atoms with van der Waals surface area (Å²) in [6.07, 6.45) is 0.834. The van der Waals surface area contributed by atoms with Crippen LogP contribution in [-0.4, -0.2) is 0 Å². The summed E-state index contributed by atoms with van der Waals surface area (Å²) in [6.45, 7) is 2.31. The summed E-state index contributed by atoms with van der Waals surface area (Å²) in [5.74, 6) is 0.615. The Morgan fingerprint density at radius 1 is 0.875 bits per heavy atom. The third-order valence-electron chi connectivity index (χ3n) is 5.68. The van der Waals surface area contributed by atoms with Crippen LogP contribution in [0.1, 0.15) is 18.1 Å². The zero-order valence-corrected chi connectivity index (χ0v) is 18.4. The van der Waals surface area contributed by atoms with Crippen molar-refractivity contribution >= 4 is 33.3 Å². The summed E-state index contributed by atoms with van der Waals surface area (Å²) in [5.41, 5.74) is 3.18. The lowest BCUT2D eigenvalue weighted by atomic mass is 10.0. The van der Waals surface area contributed by atoms with Crippen LogP contribution in [0.3, 0.4) is 0 Å². The van der Waals surface area contributed by atoms with Crippen LogP contribution in [0.4, 0.5) is 0 Å². The summed E-state index contributed by atoms with van der Waals surface area (Å²) < 4.78 is 12.4. The first-order valence-electron chi connectivity index (χ1n) is 10.6. The van der Waals surface area contributed by atoms with Crippen LogP contribution in [-0.2, 0) is 13.0 Å². The van der Waals surface area contributed by atoms with Crippen LogP contribution in [0, 0.1) is 0 Å². The van der Waals surface area contributed by atoms with E-state index in [1.807, 2.05) is 54.6 Å². The van der Waals surface area contributed by atoms with E-state index in [0.717, 1.165) is 33.9 Å². The standard InChI is InChI=1S/C28H21ClO3/c1-2-18-10-15-25-24(16-18)26(30)28(27(32-25)20-11-13-22(29)14-12-20)31-17-21-8-5-7-19-6-3-4-9-23(19)21/h3-16H,2,17H2,1H3. The fraction of sp³-hybridized carbons (Fsp3) is 0.107. The predicted octanol–water partition coefficient (Wildman–Crippen LogP) is 7.41. The summed E-state index contributed by atoms with van der Waals surface area (Å²) in [6, 6.07) is 27.1. The zero-order chi connectivity index (χ0) is 22.1. The molecule has 0 radical (unpaired) electrons. The molecule has 5 rings (SSSR count). The first-order valence-corrected chi connectivity index (χ1v) is 11.0. The van der Waals surface area contributed by atoms with Crippen molar-refractivity contribution in [2.75, 3.05) is 0 Å². The number of rotatable bonds is 5. The second-order valence-electron chi connectivity index (χ2n) is 7.71. The molecule has 0 unspecified atom stereocenters. The van der Waals surface area contributed by atoms with E-state index in [1.165, 1.54) is 0 Å². The molecule has 0 aliphatic carbocycles. The number of fused-ring (bicyclic) bond motifs is 2. The van der Waals surface area contributed by atoms with E-state index in [2.05, 4.69) is 25.1 Å². The van der Waals surface area contributed by atoms with E-state index in [-0.39, 0.29) is 17.8 Å². The topological polar surface area (TPSA) is 39.4 Å². The number of halogens is 1. The summed E-state index contributed by atoms with van der Waals surface area (Å²) >= 11 is 6.07. The van der Waals surface area contributed by atoms with Gasteiger partial charge in [0, 0.05) is 10.6 Å². The maximum absolute atomic E-state index is 13.5. The lowest BCUT2D eigenvalue weighted by Gasteiger charge is -2.13. The van der Waals surface area contributed by atoms with E-state index in [4.69, 9.17) is 20.8 Å². The Morgan fingerprint density at radius 3 is 2.47 bits per heavy atom. The van der Waals surface area contributed by atoms with Crippen LogP contribution < -0.4 is 10.2 Å². The van der Waals surface area contributed by atoms with Crippen molar-refractivity contribution in [1.29, 1.82) is 0 Å². The third-order valence-corrected chi connectivity index (χ3v) is 5.93. The first kappa shape index (κ1) is 20.3. The third kappa shape index (κ3) is 3.76. The second-order valence-corrected chi connectivity index (χ2v) is 8.14. The van der Waals surface area contributed by atoms with Crippen LogP contribution in [0.2, 0.25) is 5.02 Å². The molecule has 4 aromatic carbocycles.